The molecule has 1 aromatic heterocycles. The summed E-state index contributed by atoms with van der Waals surface area (Å²) in [5, 5.41) is 1.18. The van der Waals surface area contributed by atoms with Crippen molar-refractivity contribution in [2.45, 2.75) is 26.7 Å². The zero-order valence-electron chi connectivity index (χ0n) is 8.37. The molecule has 0 bridgehead atoms. The number of hydrogen-bond donors (Lipinski definition) is 0. The lowest BCUT2D eigenvalue weighted by Gasteiger charge is -1.94. The largest absolute Gasteiger partial charge is 0.241 e. The molecule has 0 aliphatic carbocycles. The highest BCUT2D eigenvalue weighted by Crippen LogP contribution is 2.26. The Morgan fingerprint density at radius 1 is 1.46 bits per heavy atom. The van der Waals surface area contributed by atoms with E-state index in [1.54, 1.807) is 11.3 Å². The van der Waals surface area contributed by atoms with E-state index in [-0.39, 0.29) is 0 Å². The Morgan fingerprint density at radius 2 is 2.15 bits per heavy atom. The van der Waals surface area contributed by atoms with Crippen LogP contribution in [-0.4, -0.2) is 4.98 Å². The van der Waals surface area contributed by atoms with Crippen LogP contribution >= 0.6 is 11.3 Å². The Kier molecular flexibility index (Phi) is 3.43. The number of thiazole rings is 1. The summed E-state index contributed by atoms with van der Waals surface area (Å²) in [4.78, 5) is 5.70. The zero-order chi connectivity index (χ0) is 9.84. The second kappa shape index (κ2) is 4.38. The van der Waals surface area contributed by atoms with E-state index in [9.17, 15) is 0 Å². The third kappa shape index (κ3) is 2.28. The second-order valence-electron chi connectivity index (χ2n) is 3.16. The average Bonchev–Trinajstić information content (AvgIpc) is 2.48. The van der Waals surface area contributed by atoms with Crippen molar-refractivity contribution in [3.8, 4) is 0 Å². The molecule has 1 rings (SSSR count). The molecule has 0 saturated carbocycles. The van der Waals surface area contributed by atoms with Crippen LogP contribution in [0.4, 0.5) is 0 Å². The lowest BCUT2D eigenvalue weighted by Crippen LogP contribution is -1.84. The van der Waals surface area contributed by atoms with E-state index in [0.29, 0.717) is 5.92 Å². The smallest absolute Gasteiger partial charge is 0.0963 e. The van der Waals surface area contributed by atoms with Crippen LogP contribution in [0.25, 0.3) is 12.2 Å². The first-order valence-electron chi connectivity index (χ1n) is 4.45. The summed E-state index contributed by atoms with van der Waals surface area (Å²) in [6, 6.07) is 0. The maximum Gasteiger partial charge on any atom is 0.0963 e. The van der Waals surface area contributed by atoms with Gasteiger partial charge in [-0.25, -0.2) is 4.98 Å². The third-order valence-electron chi connectivity index (χ3n) is 1.70. The van der Waals surface area contributed by atoms with Gasteiger partial charge < -0.3 is 0 Å². The van der Waals surface area contributed by atoms with Crippen LogP contribution in [0.15, 0.2) is 12.7 Å². The van der Waals surface area contributed by atoms with Gasteiger partial charge in [-0.15, -0.1) is 11.3 Å². The molecule has 0 amide bonds. The summed E-state index contributed by atoms with van der Waals surface area (Å²) in [6.07, 6.45) is 5.91. The first-order chi connectivity index (χ1) is 6.19. The molecule has 0 aliphatic heterocycles. The van der Waals surface area contributed by atoms with E-state index in [1.165, 1.54) is 9.88 Å². The van der Waals surface area contributed by atoms with Crippen molar-refractivity contribution in [1.82, 2.24) is 4.98 Å². The fourth-order valence-corrected chi connectivity index (χ4v) is 1.94. The molecule has 1 heterocycles. The Morgan fingerprint density at radius 3 is 2.62 bits per heavy atom. The lowest BCUT2D eigenvalue weighted by atomic mass is 10.2. The van der Waals surface area contributed by atoms with Gasteiger partial charge in [-0.3, -0.25) is 0 Å². The highest BCUT2D eigenvalue weighted by atomic mass is 32.1. The summed E-state index contributed by atoms with van der Waals surface area (Å²) in [6.45, 7) is 10.1. The van der Waals surface area contributed by atoms with Gasteiger partial charge in [0.15, 0.2) is 0 Å². The molecule has 0 atom stereocenters. The first-order valence-corrected chi connectivity index (χ1v) is 5.26. The molecule has 13 heavy (non-hydrogen) atoms. The maximum absolute atomic E-state index is 4.53. The van der Waals surface area contributed by atoms with Crippen molar-refractivity contribution in [2.24, 2.45) is 0 Å². The zero-order valence-corrected chi connectivity index (χ0v) is 9.19. The Labute approximate surface area is 83.8 Å². The van der Waals surface area contributed by atoms with Gasteiger partial charge in [-0.05, 0) is 19.1 Å². The minimum absolute atomic E-state index is 0.503. The predicted octanol–water partition coefficient (Wildman–Crippen LogP) is 3.94. The van der Waals surface area contributed by atoms with Crippen molar-refractivity contribution < 1.29 is 0 Å². The van der Waals surface area contributed by atoms with Crippen molar-refractivity contribution in [1.29, 1.82) is 0 Å². The minimum atomic E-state index is 0.503. The van der Waals surface area contributed by atoms with E-state index in [0.717, 1.165) is 5.69 Å². The highest BCUT2D eigenvalue weighted by molar-refractivity contribution is 7.12. The molecule has 0 aliphatic rings. The lowest BCUT2D eigenvalue weighted by molar-refractivity contribution is 0.851. The Balaban J connectivity index is 3.11. The molecule has 0 spiro atoms. The summed E-state index contributed by atoms with van der Waals surface area (Å²) >= 11 is 1.73. The quantitative estimate of drug-likeness (QED) is 0.708. The molecule has 2 heteroatoms. The summed E-state index contributed by atoms with van der Waals surface area (Å²) in [5.41, 5.74) is 1.05. The number of rotatable bonds is 3. The van der Waals surface area contributed by atoms with Gasteiger partial charge in [0.25, 0.3) is 0 Å². The average molecular weight is 193 g/mol. The standard InChI is InChI=1S/C11H15NS/c1-5-7-9-10(6-2)13-11(12-9)8(3)4/h5-8H,2H2,1,3-4H3/b7-5-. The second-order valence-corrected chi connectivity index (χ2v) is 4.22. The first kappa shape index (κ1) is 10.2. The number of aromatic nitrogens is 1. The van der Waals surface area contributed by atoms with E-state index < -0.39 is 0 Å². The van der Waals surface area contributed by atoms with Crippen LogP contribution in [0.2, 0.25) is 0 Å². The van der Waals surface area contributed by atoms with Crippen LogP contribution in [0.1, 0.15) is 42.3 Å². The topological polar surface area (TPSA) is 12.9 Å². The van der Waals surface area contributed by atoms with Crippen molar-refractivity contribution in [3.63, 3.8) is 0 Å². The van der Waals surface area contributed by atoms with Crippen LogP contribution in [-0.2, 0) is 0 Å². The molecule has 0 saturated heterocycles. The fourth-order valence-electron chi connectivity index (χ4n) is 1.03. The molecule has 0 aromatic carbocycles. The molecule has 1 aromatic rings. The summed E-state index contributed by atoms with van der Waals surface area (Å²) < 4.78 is 0. The van der Waals surface area contributed by atoms with Gasteiger partial charge in [-0.2, -0.15) is 0 Å². The monoisotopic (exact) mass is 193 g/mol. The van der Waals surface area contributed by atoms with Gasteiger partial charge in [0.05, 0.1) is 15.6 Å². The molecule has 0 radical (unpaired) electrons. The fraction of sp³-hybridized carbons (Fsp3) is 0.364. The predicted molar refractivity (Wildman–Crippen MR) is 61.0 cm³/mol. The van der Waals surface area contributed by atoms with Gasteiger partial charge in [-0.1, -0.05) is 26.5 Å². The molecule has 0 fully saturated rings. The molecule has 70 valence electrons. The van der Waals surface area contributed by atoms with Crippen molar-refractivity contribution in [3.05, 3.63) is 28.2 Å². The minimum Gasteiger partial charge on any atom is -0.241 e. The van der Waals surface area contributed by atoms with Crippen LogP contribution in [0.3, 0.4) is 0 Å². The number of hydrogen-bond acceptors (Lipinski definition) is 2. The molecule has 0 N–H and O–H groups in total. The molecule has 0 unspecified atom stereocenters. The maximum atomic E-state index is 4.53. The van der Waals surface area contributed by atoms with Gasteiger partial charge in [0.1, 0.15) is 0 Å². The summed E-state index contributed by atoms with van der Waals surface area (Å²) in [5.74, 6) is 0.503. The van der Waals surface area contributed by atoms with Crippen LogP contribution in [0, 0.1) is 0 Å². The highest BCUT2D eigenvalue weighted by Gasteiger charge is 2.08. The normalized spacial score (nSPS) is 11.4. The molecular formula is C11H15NS. The van der Waals surface area contributed by atoms with Crippen LogP contribution in [0.5, 0.6) is 0 Å². The summed E-state index contributed by atoms with van der Waals surface area (Å²) in [7, 11) is 0. The van der Waals surface area contributed by atoms with E-state index >= 15 is 0 Å². The van der Waals surface area contributed by atoms with E-state index in [1.807, 2.05) is 25.2 Å². The Hall–Kier alpha value is -0.890. The third-order valence-corrected chi connectivity index (χ3v) is 3.07. The van der Waals surface area contributed by atoms with E-state index in [4.69, 9.17) is 0 Å². The SMILES string of the molecule is C=Cc1sc(C(C)C)nc1/C=C\C. The number of nitrogens with zero attached hydrogens (tertiary/aromatic N) is 1. The van der Waals surface area contributed by atoms with Gasteiger partial charge in [0.2, 0.25) is 0 Å². The Bertz CT molecular complexity index is 321. The molecular weight excluding hydrogens is 178 g/mol. The van der Waals surface area contributed by atoms with Crippen molar-refractivity contribution in [2.75, 3.05) is 0 Å². The van der Waals surface area contributed by atoms with Gasteiger partial charge in [0, 0.05) is 5.92 Å². The molecule has 1 nitrogen and oxygen atoms in total. The van der Waals surface area contributed by atoms with E-state index in [2.05, 4.69) is 25.4 Å². The number of allylic oxidation sites excluding steroid dienone is 1. The van der Waals surface area contributed by atoms with Crippen molar-refractivity contribution >= 4 is 23.5 Å². The van der Waals surface area contributed by atoms with Gasteiger partial charge >= 0.3 is 0 Å². The van der Waals surface area contributed by atoms with Crippen LogP contribution < -0.4 is 0 Å².